The predicted molar refractivity (Wildman–Crippen MR) is 301 cm³/mol. The van der Waals surface area contributed by atoms with Crippen LogP contribution in [0, 0.1) is 0 Å². The van der Waals surface area contributed by atoms with E-state index in [1.165, 1.54) is 0 Å². The number of benzene rings is 5. The number of amides is 3. The van der Waals surface area contributed by atoms with Gasteiger partial charge in [-0.05, 0) is 90.4 Å². The summed E-state index contributed by atoms with van der Waals surface area (Å²) in [4.78, 5) is 57.6. The van der Waals surface area contributed by atoms with Crippen LogP contribution < -0.4 is 54.2 Å². The Bertz CT molecular complexity index is 2730. The van der Waals surface area contributed by atoms with Gasteiger partial charge in [-0.15, -0.1) is 0 Å². The minimum atomic E-state index is -0.0725. The van der Waals surface area contributed by atoms with Crippen molar-refractivity contribution in [3.8, 4) is 23.0 Å². The van der Waals surface area contributed by atoms with Crippen LogP contribution in [0.2, 0.25) is 0 Å². The van der Waals surface area contributed by atoms with Crippen LogP contribution in [-0.2, 0) is 49.9 Å². The molecule has 9 rings (SSSR count). The highest BCUT2D eigenvalue weighted by Gasteiger charge is 2.41. The van der Waals surface area contributed by atoms with E-state index >= 15 is 0 Å². The molecule has 2 N–H and O–H groups in total. The molecule has 5 aromatic rings. The molecule has 5 aromatic carbocycles. The van der Waals surface area contributed by atoms with Crippen molar-refractivity contribution in [3.63, 3.8) is 0 Å². The molecule has 0 aliphatic carbocycles. The van der Waals surface area contributed by atoms with Gasteiger partial charge in [0.25, 0.3) is 11.8 Å². The number of nitrogens with one attached hydrogen (secondary N) is 2. The molecule has 78 heavy (non-hydrogen) atoms. The minimum Gasteiger partial charge on any atom is -0.493 e. The largest absolute Gasteiger partial charge is 0.493 e. The van der Waals surface area contributed by atoms with E-state index in [0.717, 1.165) is 63.5 Å². The summed E-state index contributed by atoms with van der Waals surface area (Å²) < 4.78 is 42.2. The van der Waals surface area contributed by atoms with E-state index < -0.39 is 0 Å². The van der Waals surface area contributed by atoms with Gasteiger partial charge in [0.05, 0.1) is 88.4 Å². The molecule has 0 fully saturated rings. The minimum absolute atomic E-state index is 0.0127. The van der Waals surface area contributed by atoms with Gasteiger partial charge < -0.3 is 67.8 Å². The number of hydrogen-bond donors (Lipinski definition) is 2. The molecule has 18 nitrogen and oxygen atoms in total. The number of carbonyl (C=O) groups excluding carboxylic acids is 3. The second-order valence-electron chi connectivity index (χ2n) is 20.1. The molecule has 0 saturated heterocycles. The molecule has 18 heteroatoms. The second-order valence-corrected chi connectivity index (χ2v) is 20.1. The average molecular weight is 1070 g/mol. The molecule has 0 radical (unpaired) electrons. The zero-order valence-corrected chi connectivity index (χ0v) is 46.0. The lowest BCUT2D eigenvalue weighted by atomic mass is 10.1. The van der Waals surface area contributed by atoms with E-state index in [0.29, 0.717) is 132 Å². The molecule has 0 unspecified atom stereocenters. The summed E-state index contributed by atoms with van der Waals surface area (Å²) in [6.07, 6.45) is 3.16. The number of hydrogen-bond acceptors (Lipinski definition) is 15. The van der Waals surface area contributed by atoms with Crippen LogP contribution in [-0.4, -0.2) is 144 Å². The van der Waals surface area contributed by atoms with Crippen LogP contribution in [0.1, 0.15) is 69.2 Å². The lowest BCUT2D eigenvalue weighted by Crippen LogP contribution is -2.41. The van der Waals surface area contributed by atoms with Gasteiger partial charge in [-0.25, -0.2) is 5.48 Å². The van der Waals surface area contributed by atoms with E-state index in [-0.39, 0.29) is 43.0 Å². The summed E-state index contributed by atoms with van der Waals surface area (Å²) in [5, 5.41) is 3.02. The predicted octanol–water partition coefficient (Wildman–Crippen LogP) is 7.22. The number of fused-ring (bicyclic) bond motifs is 8. The van der Waals surface area contributed by atoms with Crippen molar-refractivity contribution in [3.05, 3.63) is 124 Å². The van der Waals surface area contributed by atoms with Crippen LogP contribution in [0.4, 0.5) is 28.4 Å². The molecule has 4 aliphatic rings. The third kappa shape index (κ3) is 12.9. The molecule has 4 aliphatic heterocycles. The Balaban J connectivity index is 0.990. The Morgan fingerprint density at radius 1 is 0.615 bits per heavy atom. The number of rotatable bonds is 28. The topological polar surface area (TPSA) is 165 Å². The standard InChI is InChI=1S/C60H75N7O11/c1-7-62-78-22-13-19-61-58(68)18-12-20-65(21-23-74-26-27-75-25-24-71-4)45-29-41(39-76-56-35-52-48(33-54(56)72-5)59(69)66-46(37-63(52)2)31-43-14-8-10-16-50(43)66)28-42(30-45)40-77-57-36-53-49(34-55(57)73-6)60(70)67-47(38-64(53)3)32-44-15-9-11-17-51(44)67/h8-11,14-17,28-30,33-36,46-47,62H,7,12-13,18-27,31-32,37-40H2,1-6H3,(H,61,68)/t46-,47-/m0/s1. The molecule has 0 saturated carbocycles. The summed E-state index contributed by atoms with van der Waals surface area (Å²) in [5.74, 6) is 1.70. The number of anilines is 5. The highest BCUT2D eigenvalue weighted by atomic mass is 16.6. The van der Waals surface area contributed by atoms with Crippen molar-refractivity contribution in [2.45, 2.75) is 64.3 Å². The fraction of sp³-hybridized carbons (Fsp3) is 0.450. The number of para-hydroxylation sites is 2. The summed E-state index contributed by atoms with van der Waals surface area (Å²) in [5.41, 5.74) is 12.3. The van der Waals surface area contributed by atoms with Crippen molar-refractivity contribution in [1.82, 2.24) is 10.8 Å². The Hall–Kier alpha value is -7.09. The van der Waals surface area contributed by atoms with E-state index in [4.69, 9.17) is 38.0 Å². The smallest absolute Gasteiger partial charge is 0.260 e. The second kappa shape index (κ2) is 26.5. The number of likely N-dealkylation sites (N-methyl/N-ethyl adjacent to an activating group) is 2. The summed E-state index contributed by atoms with van der Waals surface area (Å²) in [6, 6.07) is 29.8. The van der Waals surface area contributed by atoms with E-state index in [9.17, 15) is 14.4 Å². The highest BCUT2D eigenvalue weighted by Crippen LogP contribution is 2.44. The number of methoxy groups -OCH3 is 3. The fourth-order valence-electron chi connectivity index (χ4n) is 11.0. The lowest BCUT2D eigenvalue weighted by Gasteiger charge is -2.27. The SMILES string of the molecule is CCNOCCCNC(=O)CCCN(CCOCCOCCOC)c1cc(COc2cc3c(cc2OC)C(=O)N2c4ccccc4C[C@H]2CN3C)cc(COc2cc3c(cc2OC)C(=O)N2c4ccccc4C[C@H]2CN3C)c1. The highest BCUT2D eigenvalue weighted by molar-refractivity contribution is 6.13. The first kappa shape index (κ1) is 55.7. The third-order valence-electron chi connectivity index (χ3n) is 14.7. The van der Waals surface area contributed by atoms with Crippen molar-refractivity contribution in [1.29, 1.82) is 0 Å². The van der Waals surface area contributed by atoms with Gasteiger partial charge in [0.1, 0.15) is 13.2 Å². The maximum atomic E-state index is 14.4. The van der Waals surface area contributed by atoms with Crippen molar-refractivity contribution < 1.29 is 52.4 Å². The fourth-order valence-corrected chi connectivity index (χ4v) is 11.0. The summed E-state index contributed by atoms with van der Waals surface area (Å²) in [7, 11) is 8.84. The van der Waals surface area contributed by atoms with Gasteiger partial charge in [-0.1, -0.05) is 43.3 Å². The zero-order chi connectivity index (χ0) is 54.5. The van der Waals surface area contributed by atoms with Gasteiger partial charge >= 0.3 is 0 Å². The van der Waals surface area contributed by atoms with Crippen molar-refractivity contribution in [2.24, 2.45) is 0 Å². The molecule has 0 aromatic heterocycles. The third-order valence-corrected chi connectivity index (χ3v) is 14.7. The van der Waals surface area contributed by atoms with Gasteiger partial charge in [0, 0.05) is 96.1 Å². The first-order valence-electron chi connectivity index (χ1n) is 27.2. The Morgan fingerprint density at radius 3 is 1.69 bits per heavy atom. The van der Waals surface area contributed by atoms with Crippen LogP contribution in [0.3, 0.4) is 0 Å². The van der Waals surface area contributed by atoms with Crippen molar-refractivity contribution in [2.75, 3.05) is 139 Å². The van der Waals surface area contributed by atoms with E-state index in [2.05, 4.69) is 55.8 Å². The number of hydroxylamine groups is 1. The lowest BCUT2D eigenvalue weighted by molar-refractivity contribution is -0.121. The van der Waals surface area contributed by atoms with Crippen LogP contribution in [0.15, 0.2) is 91.0 Å². The normalized spacial score (nSPS) is 16.1. The Morgan fingerprint density at radius 2 is 1.15 bits per heavy atom. The molecule has 2 atom stereocenters. The van der Waals surface area contributed by atoms with Gasteiger partial charge in [0.15, 0.2) is 23.0 Å². The van der Waals surface area contributed by atoms with Crippen LogP contribution in [0.5, 0.6) is 23.0 Å². The maximum Gasteiger partial charge on any atom is 0.260 e. The van der Waals surface area contributed by atoms with Gasteiger partial charge in [-0.2, -0.15) is 0 Å². The Labute approximate surface area is 458 Å². The monoisotopic (exact) mass is 1070 g/mol. The summed E-state index contributed by atoms with van der Waals surface area (Å²) in [6.45, 7) is 8.60. The molecule has 0 spiro atoms. The summed E-state index contributed by atoms with van der Waals surface area (Å²) >= 11 is 0. The molecular formula is C60H75N7O11. The molecular weight excluding hydrogens is 995 g/mol. The molecule has 4 heterocycles. The van der Waals surface area contributed by atoms with Crippen molar-refractivity contribution >= 4 is 46.2 Å². The van der Waals surface area contributed by atoms with E-state index in [1.54, 1.807) is 33.5 Å². The average Bonchev–Trinajstić information content (AvgIpc) is 4.21. The first-order chi connectivity index (χ1) is 38.1. The Kier molecular flexibility index (Phi) is 18.9. The molecule has 416 valence electrons. The quantitative estimate of drug-likeness (QED) is 0.0381. The van der Waals surface area contributed by atoms with Crippen LogP contribution >= 0.6 is 0 Å². The number of carbonyl (C=O) groups is 3. The van der Waals surface area contributed by atoms with Crippen LogP contribution in [0.25, 0.3) is 0 Å². The zero-order valence-electron chi connectivity index (χ0n) is 46.0. The van der Waals surface area contributed by atoms with Gasteiger partial charge in [0.2, 0.25) is 5.91 Å². The maximum absolute atomic E-state index is 14.4. The number of nitrogens with zero attached hydrogens (tertiary/aromatic N) is 5. The molecule has 0 bridgehead atoms. The van der Waals surface area contributed by atoms with Gasteiger partial charge in [-0.3, -0.25) is 14.4 Å². The number of ether oxygens (including phenoxy) is 7. The van der Waals surface area contributed by atoms with E-state index in [1.807, 2.05) is 79.3 Å². The first-order valence-corrected chi connectivity index (χ1v) is 27.2. The molecule has 3 amide bonds.